The summed E-state index contributed by atoms with van der Waals surface area (Å²) in [6.45, 7) is -0.112. The summed E-state index contributed by atoms with van der Waals surface area (Å²) >= 11 is 0. The predicted molar refractivity (Wildman–Crippen MR) is 64.4 cm³/mol. The van der Waals surface area contributed by atoms with Crippen LogP contribution >= 0.6 is 0 Å². The van der Waals surface area contributed by atoms with Gasteiger partial charge in [0.1, 0.15) is 6.04 Å². The van der Waals surface area contributed by atoms with Gasteiger partial charge in [-0.25, -0.2) is 0 Å². The summed E-state index contributed by atoms with van der Waals surface area (Å²) in [5, 5.41) is 5.66. The van der Waals surface area contributed by atoms with E-state index in [4.69, 9.17) is 5.73 Å². The van der Waals surface area contributed by atoms with Crippen molar-refractivity contribution in [3.63, 3.8) is 0 Å². The highest BCUT2D eigenvalue weighted by Crippen LogP contribution is 2.24. The van der Waals surface area contributed by atoms with Gasteiger partial charge in [-0.1, -0.05) is 18.2 Å². The lowest BCUT2D eigenvalue weighted by Crippen LogP contribution is -2.44. The molecule has 90 valence electrons. The summed E-state index contributed by atoms with van der Waals surface area (Å²) in [7, 11) is 0. The first kappa shape index (κ1) is 11.4. The number of fused-ring (bicyclic) bond motifs is 1. The largest absolute Gasteiger partial charge is 0.373 e. The Morgan fingerprint density at radius 1 is 1.41 bits per heavy atom. The topological polar surface area (TPSA) is 84.2 Å². The summed E-state index contributed by atoms with van der Waals surface area (Å²) in [6.07, 6.45) is 1.58. The molecule has 0 aliphatic carbocycles. The second-order valence-electron chi connectivity index (χ2n) is 4.08. The molecule has 1 aliphatic rings. The Labute approximate surface area is 99.4 Å². The SMILES string of the molecule is NC(=O)CNC(=O)C1CCc2ccccc2N1. The molecule has 0 fully saturated rings. The fourth-order valence-electron chi connectivity index (χ4n) is 1.93. The Morgan fingerprint density at radius 3 is 2.94 bits per heavy atom. The zero-order valence-corrected chi connectivity index (χ0v) is 9.40. The second kappa shape index (κ2) is 4.86. The molecule has 0 saturated carbocycles. The van der Waals surface area contributed by atoms with Crippen molar-refractivity contribution in [2.75, 3.05) is 11.9 Å². The van der Waals surface area contributed by atoms with Gasteiger partial charge >= 0.3 is 0 Å². The van der Waals surface area contributed by atoms with E-state index in [2.05, 4.69) is 10.6 Å². The highest BCUT2D eigenvalue weighted by Gasteiger charge is 2.23. The molecule has 5 nitrogen and oxygen atoms in total. The third-order valence-electron chi connectivity index (χ3n) is 2.80. The van der Waals surface area contributed by atoms with Gasteiger partial charge in [-0.15, -0.1) is 0 Å². The minimum Gasteiger partial charge on any atom is -0.373 e. The molecule has 1 aliphatic heterocycles. The van der Waals surface area contributed by atoms with Crippen LogP contribution in [0.5, 0.6) is 0 Å². The maximum atomic E-state index is 11.7. The molecule has 0 radical (unpaired) electrons. The molecule has 0 spiro atoms. The van der Waals surface area contributed by atoms with Crippen molar-refractivity contribution < 1.29 is 9.59 Å². The first-order valence-corrected chi connectivity index (χ1v) is 5.57. The third kappa shape index (κ3) is 2.75. The minimum atomic E-state index is -0.533. The number of carbonyl (C=O) groups is 2. The number of rotatable bonds is 3. The van der Waals surface area contributed by atoms with Crippen molar-refractivity contribution in [2.45, 2.75) is 18.9 Å². The van der Waals surface area contributed by atoms with Gasteiger partial charge in [0.25, 0.3) is 0 Å². The molecular formula is C12H15N3O2. The lowest BCUT2D eigenvalue weighted by Gasteiger charge is -2.25. The predicted octanol–water partition coefficient (Wildman–Crippen LogP) is 0.0148. The second-order valence-corrected chi connectivity index (χ2v) is 4.08. The van der Waals surface area contributed by atoms with Gasteiger partial charge in [0.15, 0.2) is 0 Å². The standard InChI is InChI=1S/C12H15N3O2/c13-11(16)7-14-12(17)10-6-5-8-3-1-2-4-9(8)15-10/h1-4,10,15H,5-7H2,(H2,13,16)(H,14,17). The Balaban J connectivity index is 1.97. The van der Waals surface area contributed by atoms with Crippen molar-refractivity contribution >= 4 is 17.5 Å². The number of hydrogen-bond acceptors (Lipinski definition) is 3. The number of hydrogen-bond donors (Lipinski definition) is 3. The van der Waals surface area contributed by atoms with Crippen molar-refractivity contribution in [3.05, 3.63) is 29.8 Å². The van der Waals surface area contributed by atoms with E-state index in [-0.39, 0.29) is 18.5 Å². The Bertz CT molecular complexity index is 445. The van der Waals surface area contributed by atoms with Crippen LogP contribution in [0.1, 0.15) is 12.0 Å². The van der Waals surface area contributed by atoms with Crippen molar-refractivity contribution in [2.24, 2.45) is 5.73 Å². The number of nitrogens with two attached hydrogens (primary N) is 1. The summed E-state index contributed by atoms with van der Waals surface area (Å²) in [5.41, 5.74) is 7.17. The zero-order valence-electron chi connectivity index (χ0n) is 9.40. The fourth-order valence-corrected chi connectivity index (χ4v) is 1.93. The first-order valence-electron chi connectivity index (χ1n) is 5.57. The Morgan fingerprint density at radius 2 is 2.18 bits per heavy atom. The van der Waals surface area contributed by atoms with Crippen molar-refractivity contribution in [3.8, 4) is 0 Å². The van der Waals surface area contributed by atoms with Crippen LogP contribution in [-0.2, 0) is 16.0 Å². The molecule has 1 heterocycles. The van der Waals surface area contributed by atoms with Crippen LogP contribution in [0.2, 0.25) is 0 Å². The average Bonchev–Trinajstić information content (AvgIpc) is 2.35. The molecule has 2 rings (SSSR count). The Hall–Kier alpha value is -2.04. The maximum Gasteiger partial charge on any atom is 0.242 e. The summed E-state index contributed by atoms with van der Waals surface area (Å²) < 4.78 is 0. The van der Waals surface area contributed by atoms with E-state index in [1.54, 1.807) is 0 Å². The molecule has 1 atom stereocenters. The van der Waals surface area contributed by atoms with E-state index in [1.807, 2.05) is 24.3 Å². The Kier molecular flexibility index (Phi) is 3.27. The molecule has 0 saturated heterocycles. The van der Waals surface area contributed by atoms with Crippen LogP contribution in [0.15, 0.2) is 24.3 Å². The van der Waals surface area contributed by atoms with E-state index in [9.17, 15) is 9.59 Å². The normalized spacial score (nSPS) is 17.8. The highest BCUT2D eigenvalue weighted by atomic mass is 16.2. The van der Waals surface area contributed by atoms with Crippen LogP contribution in [0, 0.1) is 0 Å². The van der Waals surface area contributed by atoms with Crippen LogP contribution in [0.4, 0.5) is 5.69 Å². The van der Waals surface area contributed by atoms with Crippen LogP contribution in [-0.4, -0.2) is 24.4 Å². The molecule has 1 unspecified atom stereocenters. The monoisotopic (exact) mass is 233 g/mol. The lowest BCUT2D eigenvalue weighted by atomic mass is 9.98. The first-order chi connectivity index (χ1) is 8.16. The number of benzene rings is 1. The molecule has 1 aromatic carbocycles. The molecule has 0 bridgehead atoms. The number of aryl methyl sites for hydroxylation is 1. The minimum absolute atomic E-state index is 0.112. The van der Waals surface area contributed by atoms with Crippen molar-refractivity contribution in [1.82, 2.24) is 5.32 Å². The smallest absolute Gasteiger partial charge is 0.242 e. The van der Waals surface area contributed by atoms with Gasteiger partial charge in [0.05, 0.1) is 6.54 Å². The molecule has 1 aromatic rings. The number of amides is 2. The van der Waals surface area contributed by atoms with Gasteiger partial charge in [-0.2, -0.15) is 0 Å². The third-order valence-corrected chi connectivity index (χ3v) is 2.80. The van der Waals surface area contributed by atoms with Crippen molar-refractivity contribution in [1.29, 1.82) is 0 Å². The fraction of sp³-hybridized carbons (Fsp3) is 0.333. The molecule has 4 N–H and O–H groups in total. The number of anilines is 1. The van der Waals surface area contributed by atoms with Gasteiger partial charge < -0.3 is 16.4 Å². The van der Waals surface area contributed by atoms with Gasteiger partial charge in [-0.3, -0.25) is 9.59 Å². The van der Waals surface area contributed by atoms with Gasteiger partial charge in [-0.05, 0) is 24.5 Å². The van der Waals surface area contributed by atoms with Gasteiger partial charge in [0, 0.05) is 5.69 Å². The molecular weight excluding hydrogens is 218 g/mol. The molecule has 0 aromatic heterocycles. The quantitative estimate of drug-likeness (QED) is 0.688. The number of para-hydroxylation sites is 1. The summed E-state index contributed by atoms with van der Waals surface area (Å²) in [6, 6.07) is 7.61. The van der Waals surface area contributed by atoms with E-state index in [1.165, 1.54) is 5.56 Å². The van der Waals surface area contributed by atoms with Crippen LogP contribution < -0.4 is 16.4 Å². The zero-order chi connectivity index (χ0) is 12.3. The van der Waals surface area contributed by atoms with E-state index >= 15 is 0 Å². The summed E-state index contributed by atoms with van der Waals surface area (Å²) in [4.78, 5) is 22.3. The average molecular weight is 233 g/mol. The number of nitrogens with one attached hydrogen (secondary N) is 2. The summed E-state index contributed by atoms with van der Waals surface area (Å²) in [5.74, 6) is -0.715. The van der Waals surface area contributed by atoms with Crippen LogP contribution in [0.3, 0.4) is 0 Å². The van der Waals surface area contributed by atoms with E-state index in [0.717, 1.165) is 18.5 Å². The van der Waals surface area contributed by atoms with Crippen LogP contribution in [0.25, 0.3) is 0 Å². The molecule has 5 heteroatoms. The number of carbonyl (C=O) groups excluding carboxylic acids is 2. The molecule has 17 heavy (non-hydrogen) atoms. The van der Waals surface area contributed by atoms with Gasteiger partial charge in [0.2, 0.25) is 11.8 Å². The molecule has 2 amide bonds. The maximum absolute atomic E-state index is 11.7. The van der Waals surface area contributed by atoms with E-state index < -0.39 is 5.91 Å². The lowest BCUT2D eigenvalue weighted by molar-refractivity contribution is -0.125. The highest BCUT2D eigenvalue weighted by molar-refractivity contribution is 5.89. The van der Waals surface area contributed by atoms with E-state index in [0.29, 0.717) is 0 Å². The number of primary amides is 1.